The monoisotopic (exact) mass is 1160 g/mol. The fourth-order valence-electron chi connectivity index (χ4n) is 6.66. The molecule has 0 unspecified atom stereocenters. The van der Waals surface area contributed by atoms with Gasteiger partial charge < -0.3 is 53.6 Å². The van der Waals surface area contributed by atoms with Gasteiger partial charge in [0.15, 0.2) is 22.3 Å². The van der Waals surface area contributed by atoms with Crippen LogP contribution in [0.2, 0.25) is 0 Å². The van der Waals surface area contributed by atoms with E-state index in [9.17, 15) is 33.6 Å². The molecule has 0 bridgehead atoms. The number of hydrogen-bond donors (Lipinski definition) is 4. The second-order valence-corrected chi connectivity index (χ2v) is 17.3. The predicted octanol–water partition coefficient (Wildman–Crippen LogP) is -0.0757. The highest BCUT2D eigenvalue weighted by Crippen LogP contribution is 2.08. The Kier molecular flexibility index (Phi) is 23.1. The molecule has 75 heavy (non-hydrogen) atoms. The van der Waals surface area contributed by atoms with Crippen LogP contribution in [0.1, 0.15) is 39.6 Å². The summed E-state index contributed by atoms with van der Waals surface area (Å²) in [4.78, 5) is 106. The van der Waals surface area contributed by atoms with E-state index in [2.05, 4.69) is 40.5 Å². The van der Waals surface area contributed by atoms with Gasteiger partial charge in [-0.15, -0.1) is 0 Å². The summed E-state index contributed by atoms with van der Waals surface area (Å²) in [6, 6.07) is 0. The number of hydrogen-bond acceptors (Lipinski definition) is 15. The second-order valence-electron chi connectivity index (χ2n) is 17.3. The Labute approximate surface area is 446 Å². The predicted molar refractivity (Wildman–Crippen MR) is 288 cm³/mol. The van der Waals surface area contributed by atoms with Crippen molar-refractivity contribution in [1.82, 2.24) is 86.2 Å². The smallest absolute Gasteiger partial charge is 0.407 e. The van der Waals surface area contributed by atoms with Gasteiger partial charge in [-0.3, -0.25) is 37.4 Å². The highest BCUT2D eigenvalue weighted by Gasteiger charge is 2.18. The Morgan fingerprint density at radius 2 is 1.07 bits per heavy atom. The number of carboxylic acid groups (broad SMARTS) is 1. The molecule has 0 saturated heterocycles. The Morgan fingerprint density at radius 3 is 1.41 bits per heavy atom. The van der Waals surface area contributed by atoms with E-state index in [0.717, 1.165) is 33.0 Å². The van der Waals surface area contributed by atoms with Crippen LogP contribution in [0.4, 0.5) is 4.79 Å². The van der Waals surface area contributed by atoms with Gasteiger partial charge in [-0.1, -0.05) is 22.6 Å². The number of carbonyl (C=O) groups is 3. The van der Waals surface area contributed by atoms with Crippen LogP contribution in [0.5, 0.6) is 0 Å². The number of nitrogens with one attached hydrogen (secondary N) is 2. The SMILES string of the molecule is Cn1c(=O)c2c(ncn2CC(=O)O)n(C)c1=O.Cn1ccnc1.Cn1ccnc1CCN.Cn1ccnc1CCNC(=O)Cn1cnc2c1c(=O)n(C)c(=O)n2C.Cn1ccnc1CCNC(=O)OC(C)(C)C.[2H]CI. The summed E-state index contributed by atoms with van der Waals surface area (Å²) in [7, 11) is 13.5. The van der Waals surface area contributed by atoms with Crippen molar-refractivity contribution >= 4 is 62.9 Å². The summed E-state index contributed by atoms with van der Waals surface area (Å²) in [5, 5.41) is 14.2. The van der Waals surface area contributed by atoms with Crippen LogP contribution in [-0.4, -0.2) is 129 Å². The molecule has 29 heteroatoms. The average Bonchev–Trinajstić information content (AvgIpc) is 4.25. The van der Waals surface area contributed by atoms with Crippen LogP contribution in [-0.2, 0) is 103 Å². The molecule has 8 aromatic heterocycles. The van der Waals surface area contributed by atoms with E-state index in [1.807, 2.05) is 115 Å². The van der Waals surface area contributed by atoms with Crippen LogP contribution < -0.4 is 38.9 Å². The number of alkyl halides is 1. The van der Waals surface area contributed by atoms with Gasteiger partial charge in [0.1, 0.15) is 36.2 Å². The molecule has 0 saturated carbocycles. The topological polar surface area (TPSA) is 326 Å². The number of fused-ring (bicyclic) bond motifs is 2. The molecule has 5 N–H and O–H groups in total. The van der Waals surface area contributed by atoms with Gasteiger partial charge in [-0.2, -0.15) is 0 Å². The zero-order chi connectivity index (χ0) is 56.9. The molecule has 408 valence electrons. The van der Waals surface area contributed by atoms with Crippen LogP contribution in [0.25, 0.3) is 22.3 Å². The molecule has 28 nitrogen and oxygen atoms in total. The van der Waals surface area contributed by atoms with Gasteiger partial charge in [0, 0.05) is 140 Å². The molecule has 0 fully saturated rings. The van der Waals surface area contributed by atoms with Crippen molar-refractivity contribution in [3.05, 3.63) is 128 Å². The molecule has 2 amide bonds. The van der Waals surface area contributed by atoms with E-state index < -0.39 is 34.1 Å². The third-order valence-electron chi connectivity index (χ3n) is 10.5. The number of rotatable bonds is 12. The van der Waals surface area contributed by atoms with Crippen LogP contribution >= 0.6 is 22.6 Å². The number of halogens is 1. The summed E-state index contributed by atoms with van der Waals surface area (Å²) in [5.41, 5.74) is 3.67. The number of aryl methyl sites for hydroxylation is 6. The zero-order valence-corrected chi connectivity index (χ0v) is 46.2. The van der Waals surface area contributed by atoms with Gasteiger partial charge >= 0.3 is 23.4 Å². The molecule has 0 spiro atoms. The number of ether oxygens (including phenoxy) is 1. The van der Waals surface area contributed by atoms with Crippen LogP contribution in [0.3, 0.4) is 0 Å². The lowest BCUT2D eigenvalue weighted by Gasteiger charge is -2.19. The number of nitrogens with two attached hydrogens (primary N) is 1. The number of nitrogens with zero attached hydrogens (tertiary/aromatic N) is 16. The number of imidazole rings is 6. The molecule has 0 aromatic carbocycles. The molecular formula is C46H68IN19O9. The third kappa shape index (κ3) is 17.9. The summed E-state index contributed by atoms with van der Waals surface area (Å²) in [6.07, 6.45) is 20.7. The van der Waals surface area contributed by atoms with Gasteiger partial charge in [0.2, 0.25) is 5.91 Å². The largest absolute Gasteiger partial charge is 0.480 e. The number of carbonyl (C=O) groups excluding carboxylic acids is 2. The lowest BCUT2D eigenvalue weighted by molar-refractivity contribution is -0.137. The van der Waals surface area contributed by atoms with E-state index in [0.29, 0.717) is 37.4 Å². The van der Waals surface area contributed by atoms with E-state index in [1.54, 1.807) is 31.1 Å². The first-order valence-corrected chi connectivity index (χ1v) is 24.4. The van der Waals surface area contributed by atoms with Crippen molar-refractivity contribution in [3.8, 4) is 0 Å². The maximum absolute atomic E-state index is 12.3. The minimum Gasteiger partial charge on any atom is -0.480 e. The van der Waals surface area contributed by atoms with Gasteiger partial charge in [-0.05, 0) is 32.2 Å². The number of aliphatic carboxylic acids is 1. The molecule has 8 rings (SSSR count). The van der Waals surface area contributed by atoms with Crippen molar-refractivity contribution in [2.45, 2.75) is 58.7 Å². The summed E-state index contributed by atoms with van der Waals surface area (Å²) in [5.74, 6) is 1.54. The number of amides is 2. The average molecular weight is 1160 g/mol. The highest BCUT2D eigenvalue weighted by molar-refractivity contribution is 14.1. The van der Waals surface area contributed by atoms with Gasteiger partial charge in [0.25, 0.3) is 11.1 Å². The summed E-state index contributed by atoms with van der Waals surface area (Å²) < 4.78 is 26.1. The molecule has 0 radical (unpaired) electrons. The van der Waals surface area contributed by atoms with E-state index in [4.69, 9.17) is 16.9 Å². The molecular weight excluding hydrogens is 1090 g/mol. The first kappa shape index (κ1) is 59.6. The van der Waals surface area contributed by atoms with Crippen molar-refractivity contribution < 1.29 is 25.6 Å². The maximum atomic E-state index is 12.3. The van der Waals surface area contributed by atoms with E-state index in [-0.39, 0.29) is 47.4 Å². The Hall–Kier alpha value is -7.96. The minimum absolute atomic E-state index is 0.0511. The third-order valence-corrected chi connectivity index (χ3v) is 10.5. The summed E-state index contributed by atoms with van der Waals surface area (Å²) in [6.45, 7) is 6.73. The Morgan fingerprint density at radius 1 is 0.640 bits per heavy atom. The maximum Gasteiger partial charge on any atom is 0.407 e. The lowest BCUT2D eigenvalue weighted by Crippen LogP contribution is -2.38. The van der Waals surface area contributed by atoms with Gasteiger partial charge in [-0.25, -0.2) is 44.3 Å². The fraction of sp³-hybridized carbons (Fsp3) is 0.457. The minimum atomic E-state index is -1.08. The standard InChI is InChI=1S/C15H19N7O3.C11H19N3O2.C9H10N4O4.C6H11N3.C4H6N2.CH3I/c1-19-7-6-16-10(19)4-5-17-11(23)8-22-9-18-13-12(22)14(24)21(3)15(25)20(13)2;1-11(2,3)16-10(15)13-6-5-9-12-7-8-14(9)4;1-11-7-6(8(16)12(2)9(11)17)13(4-10-7)3-5(14)15;1-9-5-4-8-6(9)2-3-7;1-6-3-2-5-4-6;1-2/h6-7,9H,4-5,8H2,1-3H3,(H,17,23);7-8H,5-6H2,1-4H3,(H,13,15);4H,3H2,1-2H3,(H,14,15);4-5H,2-3,7H2,1H3;2-4H,1H3;1H3/i;;;;;1D. The lowest BCUT2D eigenvalue weighted by atomic mass is 10.2. The number of carboxylic acids is 1. The quantitative estimate of drug-likeness (QED) is 0.0919. The van der Waals surface area contributed by atoms with Crippen molar-refractivity contribution in [3.63, 3.8) is 0 Å². The Balaban J connectivity index is 0.000000263. The molecule has 0 atom stereocenters. The van der Waals surface area contributed by atoms with Crippen molar-refractivity contribution in [2.75, 3.05) is 24.5 Å². The first-order valence-electron chi connectivity index (χ1n) is 23.6. The summed E-state index contributed by atoms with van der Waals surface area (Å²) >= 11 is 1.96. The van der Waals surface area contributed by atoms with Crippen LogP contribution in [0, 0.1) is 0 Å². The number of alkyl carbamates (subject to hydrolysis) is 1. The Bertz CT molecular complexity index is 3370. The molecule has 8 aromatic rings. The van der Waals surface area contributed by atoms with Crippen LogP contribution in [0.15, 0.2) is 87.7 Å². The van der Waals surface area contributed by atoms with Crippen molar-refractivity contribution in [2.24, 2.45) is 62.1 Å². The number of aromatic nitrogens is 16. The normalized spacial score (nSPS) is 10.8. The molecule has 0 aliphatic carbocycles. The fourth-order valence-corrected chi connectivity index (χ4v) is 6.66. The second kappa shape index (κ2) is 29.1. The molecule has 0 aliphatic rings. The van der Waals surface area contributed by atoms with E-state index in [1.165, 1.54) is 59.1 Å². The van der Waals surface area contributed by atoms with Crippen molar-refractivity contribution in [1.29, 1.82) is 0 Å². The zero-order valence-electron chi connectivity index (χ0n) is 45.0. The highest BCUT2D eigenvalue weighted by atomic mass is 127. The van der Waals surface area contributed by atoms with Gasteiger partial charge in [0.05, 0.1) is 19.0 Å². The molecule has 0 aliphatic heterocycles. The first-order chi connectivity index (χ1) is 35.9. The molecule has 8 heterocycles. The van der Waals surface area contributed by atoms with E-state index >= 15 is 0 Å².